The molecule has 0 radical (unpaired) electrons. The molecule has 0 saturated carbocycles. The van der Waals surface area contributed by atoms with Crippen LogP contribution in [0.3, 0.4) is 0 Å². The fourth-order valence-electron chi connectivity index (χ4n) is 2.85. The Morgan fingerprint density at radius 3 is 2.67 bits per heavy atom. The predicted molar refractivity (Wildman–Crippen MR) is 93.1 cm³/mol. The third-order valence-corrected chi connectivity index (χ3v) is 4.23. The first-order valence-electron chi connectivity index (χ1n) is 8.48. The molecule has 0 aromatic heterocycles. The number of hydrogen-bond donors (Lipinski definition) is 3. The second-order valence-corrected chi connectivity index (χ2v) is 6.45. The molecule has 6 heteroatoms. The topological polar surface area (TPSA) is 79.5 Å². The van der Waals surface area contributed by atoms with Gasteiger partial charge in [0, 0.05) is 12.6 Å². The van der Waals surface area contributed by atoms with Crippen molar-refractivity contribution >= 4 is 11.8 Å². The van der Waals surface area contributed by atoms with Crippen molar-refractivity contribution in [3.05, 3.63) is 29.8 Å². The van der Waals surface area contributed by atoms with Crippen molar-refractivity contribution in [1.82, 2.24) is 16.0 Å². The van der Waals surface area contributed by atoms with Crippen LogP contribution in [0.4, 0.5) is 0 Å². The molecule has 1 unspecified atom stereocenters. The van der Waals surface area contributed by atoms with Gasteiger partial charge in [-0.25, -0.2) is 0 Å². The van der Waals surface area contributed by atoms with Gasteiger partial charge < -0.3 is 20.7 Å². The van der Waals surface area contributed by atoms with Gasteiger partial charge in [-0.3, -0.25) is 9.59 Å². The third-order valence-electron chi connectivity index (χ3n) is 4.23. The quantitative estimate of drug-likeness (QED) is 0.733. The minimum absolute atomic E-state index is 0.0137. The Balaban J connectivity index is 2.04. The summed E-state index contributed by atoms with van der Waals surface area (Å²) in [7, 11) is 1.52. The maximum absolute atomic E-state index is 12.6. The van der Waals surface area contributed by atoms with Gasteiger partial charge in [-0.05, 0) is 37.4 Å². The number of piperidine rings is 1. The van der Waals surface area contributed by atoms with Crippen LogP contribution in [0.1, 0.15) is 37.0 Å². The van der Waals surface area contributed by atoms with Crippen LogP contribution < -0.4 is 20.7 Å². The molecular formula is C18H27N3O3. The Morgan fingerprint density at radius 1 is 1.29 bits per heavy atom. The molecule has 2 amide bonds. The van der Waals surface area contributed by atoms with E-state index in [-0.39, 0.29) is 23.8 Å². The smallest absolute Gasteiger partial charge is 0.255 e. The lowest BCUT2D eigenvalue weighted by Crippen LogP contribution is -2.54. The fourth-order valence-corrected chi connectivity index (χ4v) is 2.85. The highest BCUT2D eigenvalue weighted by atomic mass is 16.5. The third kappa shape index (κ3) is 4.71. The van der Waals surface area contributed by atoms with Crippen LogP contribution in [0, 0.1) is 5.92 Å². The Hall–Kier alpha value is -2.08. The van der Waals surface area contributed by atoms with E-state index in [4.69, 9.17) is 4.74 Å². The second-order valence-electron chi connectivity index (χ2n) is 6.45. The lowest BCUT2D eigenvalue weighted by Gasteiger charge is -2.28. The fraction of sp³-hybridized carbons (Fsp3) is 0.556. The molecule has 2 atom stereocenters. The average Bonchev–Trinajstić information content (AvgIpc) is 2.59. The maximum Gasteiger partial charge on any atom is 0.255 e. The predicted octanol–water partition coefficient (Wildman–Crippen LogP) is 1.32. The van der Waals surface area contributed by atoms with Crippen LogP contribution in [0.25, 0.3) is 0 Å². The van der Waals surface area contributed by atoms with E-state index in [9.17, 15) is 9.59 Å². The summed E-state index contributed by atoms with van der Waals surface area (Å²) in [6.45, 7) is 5.61. The monoisotopic (exact) mass is 333 g/mol. The largest absolute Gasteiger partial charge is 0.496 e. The number of benzene rings is 1. The van der Waals surface area contributed by atoms with Crippen LogP contribution in [-0.4, -0.2) is 44.1 Å². The number of methoxy groups -OCH3 is 1. The van der Waals surface area contributed by atoms with Gasteiger partial charge in [0.2, 0.25) is 5.91 Å². The molecule has 1 saturated heterocycles. The highest BCUT2D eigenvalue weighted by Gasteiger charge is 2.27. The van der Waals surface area contributed by atoms with Crippen LogP contribution in [0.15, 0.2) is 24.3 Å². The molecule has 1 aliphatic heterocycles. The zero-order valence-electron chi connectivity index (χ0n) is 14.6. The number of carbonyl (C=O) groups excluding carboxylic acids is 2. The van der Waals surface area contributed by atoms with E-state index in [2.05, 4.69) is 16.0 Å². The molecule has 1 fully saturated rings. The highest BCUT2D eigenvalue weighted by Crippen LogP contribution is 2.17. The van der Waals surface area contributed by atoms with Gasteiger partial charge in [-0.1, -0.05) is 26.0 Å². The first-order chi connectivity index (χ1) is 11.5. The Morgan fingerprint density at radius 2 is 2.04 bits per heavy atom. The summed E-state index contributed by atoms with van der Waals surface area (Å²) in [5, 5.41) is 9.16. The molecule has 1 heterocycles. The number of carbonyl (C=O) groups is 2. The lowest BCUT2D eigenvalue weighted by molar-refractivity contribution is -0.124. The van der Waals surface area contributed by atoms with E-state index in [1.165, 1.54) is 7.11 Å². The van der Waals surface area contributed by atoms with Gasteiger partial charge in [0.15, 0.2) is 0 Å². The molecule has 132 valence electrons. The minimum atomic E-state index is -0.579. The summed E-state index contributed by atoms with van der Waals surface area (Å²) in [4.78, 5) is 25.1. The molecular weight excluding hydrogens is 306 g/mol. The molecule has 1 aliphatic rings. The molecule has 6 nitrogen and oxygen atoms in total. The molecule has 1 aromatic rings. The average molecular weight is 333 g/mol. The molecule has 0 spiro atoms. The van der Waals surface area contributed by atoms with Gasteiger partial charge in [0.25, 0.3) is 5.91 Å². The Kier molecular flexibility index (Phi) is 6.61. The van der Waals surface area contributed by atoms with E-state index in [1.54, 1.807) is 24.3 Å². The molecule has 0 bridgehead atoms. The lowest BCUT2D eigenvalue weighted by atomic mass is 10.0. The van der Waals surface area contributed by atoms with E-state index in [0.29, 0.717) is 11.3 Å². The highest BCUT2D eigenvalue weighted by molar-refractivity contribution is 5.99. The zero-order valence-corrected chi connectivity index (χ0v) is 14.6. The van der Waals surface area contributed by atoms with Crippen molar-refractivity contribution in [1.29, 1.82) is 0 Å². The standard InChI is InChI=1S/C18H27N3O3/c1-12(2)16(18(23)20-13-7-6-10-19-11-13)21-17(22)14-8-4-5-9-15(14)24-3/h4-5,8-9,12-13,16,19H,6-7,10-11H2,1-3H3,(H,20,23)(H,21,22)/t13-,16?/m0/s1. The van der Waals surface area contributed by atoms with Gasteiger partial charge in [0.1, 0.15) is 11.8 Å². The normalized spacial score (nSPS) is 18.8. The van der Waals surface area contributed by atoms with Crippen molar-refractivity contribution in [3.8, 4) is 5.75 Å². The van der Waals surface area contributed by atoms with Gasteiger partial charge in [0.05, 0.1) is 12.7 Å². The summed E-state index contributed by atoms with van der Waals surface area (Å²) >= 11 is 0. The van der Waals surface area contributed by atoms with Crippen molar-refractivity contribution in [2.24, 2.45) is 5.92 Å². The SMILES string of the molecule is COc1ccccc1C(=O)NC(C(=O)N[C@H]1CCCNC1)C(C)C. The number of amides is 2. The first kappa shape index (κ1) is 18.3. The van der Waals surface area contributed by atoms with Crippen molar-refractivity contribution in [3.63, 3.8) is 0 Å². The number of ether oxygens (including phenoxy) is 1. The van der Waals surface area contributed by atoms with E-state index < -0.39 is 6.04 Å². The van der Waals surface area contributed by atoms with Gasteiger partial charge in [-0.2, -0.15) is 0 Å². The van der Waals surface area contributed by atoms with Crippen LogP contribution >= 0.6 is 0 Å². The zero-order chi connectivity index (χ0) is 17.5. The minimum Gasteiger partial charge on any atom is -0.496 e. The molecule has 1 aromatic carbocycles. The molecule has 0 aliphatic carbocycles. The van der Waals surface area contributed by atoms with Crippen molar-refractivity contribution in [2.75, 3.05) is 20.2 Å². The van der Waals surface area contributed by atoms with Crippen molar-refractivity contribution < 1.29 is 14.3 Å². The Bertz CT molecular complexity index is 568. The van der Waals surface area contributed by atoms with Crippen LogP contribution in [0.5, 0.6) is 5.75 Å². The van der Waals surface area contributed by atoms with Crippen LogP contribution in [-0.2, 0) is 4.79 Å². The van der Waals surface area contributed by atoms with E-state index in [0.717, 1.165) is 25.9 Å². The molecule has 2 rings (SSSR count). The molecule has 24 heavy (non-hydrogen) atoms. The summed E-state index contributed by atoms with van der Waals surface area (Å²) in [5.74, 6) is 0.0413. The summed E-state index contributed by atoms with van der Waals surface area (Å²) in [6.07, 6.45) is 2.01. The van der Waals surface area contributed by atoms with E-state index >= 15 is 0 Å². The van der Waals surface area contributed by atoms with Gasteiger partial charge >= 0.3 is 0 Å². The van der Waals surface area contributed by atoms with Crippen molar-refractivity contribution in [2.45, 2.75) is 38.8 Å². The summed E-state index contributed by atoms with van der Waals surface area (Å²) in [5.41, 5.74) is 0.429. The molecule has 3 N–H and O–H groups in total. The summed E-state index contributed by atoms with van der Waals surface area (Å²) < 4.78 is 5.22. The summed E-state index contributed by atoms with van der Waals surface area (Å²) in [6, 6.07) is 6.54. The van der Waals surface area contributed by atoms with E-state index in [1.807, 2.05) is 13.8 Å². The first-order valence-corrected chi connectivity index (χ1v) is 8.48. The number of rotatable bonds is 6. The van der Waals surface area contributed by atoms with Gasteiger partial charge in [-0.15, -0.1) is 0 Å². The maximum atomic E-state index is 12.6. The number of hydrogen-bond acceptors (Lipinski definition) is 4. The Labute approximate surface area is 143 Å². The number of nitrogens with one attached hydrogen (secondary N) is 3. The number of para-hydroxylation sites is 1. The van der Waals surface area contributed by atoms with Crippen LogP contribution in [0.2, 0.25) is 0 Å². The second kappa shape index (κ2) is 8.68.